The highest BCUT2D eigenvalue weighted by atomic mass is 19.1. The number of hydrogen-bond donors (Lipinski definition) is 0. The van der Waals surface area contributed by atoms with Crippen LogP contribution in [-0.4, -0.2) is 39.1 Å². The first-order valence-corrected chi connectivity index (χ1v) is 8.81. The molecule has 7 heteroatoms. The molecule has 0 bridgehead atoms. The number of carbonyl (C=O) groups is 2. The summed E-state index contributed by atoms with van der Waals surface area (Å²) in [6.45, 7) is 1.32. The number of piperidine rings is 1. The first-order valence-electron chi connectivity index (χ1n) is 8.81. The van der Waals surface area contributed by atoms with Crippen molar-refractivity contribution in [2.45, 2.75) is 19.3 Å². The number of hydrogen-bond acceptors (Lipinski definition) is 3. The lowest BCUT2D eigenvalue weighted by atomic mass is 10.0. The zero-order valence-electron chi connectivity index (χ0n) is 14.5. The second-order valence-electron chi connectivity index (χ2n) is 6.60. The van der Waals surface area contributed by atoms with Crippen molar-refractivity contribution in [1.29, 1.82) is 0 Å². The third kappa shape index (κ3) is 3.20. The molecule has 4 rings (SSSR count). The normalized spacial score (nSPS) is 14.5. The van der Waals surface area contributed by atoms with Crippen molar-refractivity contribution in [2.24, 2.45) is 0 Å². The highest BCUT2D eigenvalue weighted by Crippen LogP contribution is 2.19. The van der Waals surface area contributed by atoms with Crippen LogP contribution < -0.4 is 0 Å². The Labute approximate surface area is 154 Å². The fourth-order valence-corrected chi connectivity index (χ4v) is 3.37. The summed E-state index contributed by atoms with van der Waals surface area (Å²) in [5.41, 5.74) is 0.474. The average molecular weight is 369 g/mol. The number of fused-ring (bicyclic) bond motifs is 1. The average Bonchev–Trinajstić information content (AvgIpc) is 3.10. The fourth-order valence-electron chi connectivity index (χ4n) is 3.37. The van der Waals surface area contributed by atoms with Gasteiger partial charge in [0.15, 0.2) is 0 Å². The van der Waals surface area contributed by atoms with E-state index in [9.17, 15) is 18.4 Å². The molecule has 27 heavy (non-hydrogen) atoms. The summed E-state index contributed by atoms with van der Waals surface area (Å²) in [5, 5.41) is 0. The molecule has 5 nitrogen and oxygen atoms in total. The van der Waals surface area contributed by atoms with Gasteiger partial charge in [-0.15, -0.1) is 0 Å². The van der Waals surface area contributed by atoms with Gasteiger partial charge in [0.05, 0.1) is 11.8 Å². The van der Waals surface area contributed by atoms with Crippen LogP contribution >= 0.6 is 0 Å². The van der Waals surface area contributed by atoms with Gasteiger partial charge in [-0.25, -0.2) is 13.8 Å². The van der Waals surface area contributed by atoms with Gasteiger partial charge in [0, 0.05) is 24.8 Å². The summed E-state index contributed by atoms with van der Waals surface area (Å²) in [6, 6.07) is 6.51. The van der Waals surface area contributed by atoms with Gasteiger partial charge in [0.2, 0.25) is 5.78 Å². The molecule has 1 aliphatic rings. The lowest BCUT2D eigenvalue weighted by molar-refractivity contribution is 0.0723. The van der Waals surface area contributed by atoms with Crippen LogP contribution in [0.5, 0.6) is 0 Å². The standard InChI is InChI=1S/C20H17F2N3O2/c21-14-5-7-18-23-11-17(25(18)12-14)19(26)15-6-4-13(10-16(15)22)20(27)24-8-2-1-3-9-24/h4-7,10-12H,1-3,8-9H2. The Morgan fingerprint density at radius 3 is 2.52 bits per heavy atom. The predicted molar refractivity (Wildman–Crippen MR) is 94.7 cm³/mol. The maximum atomic E-state index is 14.6. The van der Waals surface area contributed by atoms with Crippen LogP contribution in [-0.2, 0) is 0 Å². The summed E-state index contributed by atoms with van der Waals surface area (Å²) < 4.78 is 29.4. The smallest absolute Gasteiger partial charge is 0.253 e. The summed E-state index contributed by atoms with van der Waals surface area (Å²) in [5.74, 6) is -2.17. The molecule has 3 heterocycles. The molecular formula is C20H17F2N3O2. The molecular weight excluding hydrogens is 352 g/mol. The Morgan fingerprint density at radius 2 is 1.78 bits per heavy atom. The molecule has 1 saturated heterocycles. The summed E-state index contributed by atoms with van der Waals surface area (Å²) >= 11 is 0. The minimum Gasteiger partial charge on any atom is -0.339 e. The molecule has 0 aliphatic carbocycles. The number of rotatable bonds is 3. The van der Waals surface area contributed by atoms with Gasteiger partial charge in [-0.3, -0.25) is 14.0 Å². The summed E-state index contributed by atoms with van der Waals surface area (Å²) in [4.78, 5) is 30.9. The van der Waals surface area contributed by atoms with E-state index in [1.807, 2.05) is 0 Å². The Balaban J connectivity index is 1.64. The third-order valence-electron chi connectivity index (χ3n) is 4.81. The maximum Gasteiger partial charge on any atom is 0.253 e. The number of carbonyl (C=O) groups excluding carboxylic acids is 2. The van der Waals surface area contributed by atoms with Crippen LogP contribution in [0.2, 0.25) is 0 Å². The predicted octanol–water partition coefficient (Wildman–Crippen LogP) is 3.47. The highest BCUT2D eigenvalue weighted by Gasteiger charge is 2.22. The van der Waals surface area contributed by atoms with Crippen LogP contribution in [0.25, 0.3) is 5.65 Å². The van der Waals surface area contributed by atoms with E-state index in [0.29, 0.717) is 18.7 Å². The van der Waals surface area contributed by atoms with Gasteiger partial charge >= 0.3 is 0 Å². The van der Waals surface area contributed by atoms with Crippen LogP contribution in [0, 0.1) is 11.6 Å². The molecule has 1 amide bonds. The van der Waals surface area contributed by atoms with Crippen LogP contribution in [0.15, 0.2) is 42.7 Å². The third-order valence-corrected chi connectivity index (χ3v) is 4.81. The Kier molecular flexibility index (Phi) is 4.43. The molecule has 0 unspecified atom stereocenters. The number of imidazole rings is 1. The molecule has 0 saturated carbocycles. The number of pyridine rings is 1. The van der Waals surface area contributed by atoms with Gasteiger partial charge in [0.1, 0.15) is 23.0 Å². The lowest BCUT2D eigenvalue weighted by Crippen LogP contribution is -2.35. The van der Waals surface area contributed by atoms with E-state index in [4.69, 9.17) is 0 Å². The summed E-state index contributed by atoms with van der Waals surface area (Å²) in [7, 11) is 0. The molecule has 3 aromatic rings. The zero-order chi connectivity index (χ0) is 19.0. The molecule has 2 aromatic heterocycles. The van der Waals surface area contributed by atoms with Crippen LogP contribution in [0.4, 0.5) is 8.78 Å². The molecule has 0 N–H and O–H groups in total. The molecule has 0 radical (unpaired) electrons. The van der Waals surface area contributed by atoms with Gasteiger partial charge < -0.3 is 4.90 Å². The van der Waals surface area contributed by atoms with Gasteiger partial charge in [-0.05, 0) is 49.6 Å². The van der Waals surface area contributed by atoms with E-state index in [-0.39, 0.29) is 22.7 Å². The van der Waals surface area contributed by atoms with Crippen molar-refractivity contribution in [3.8, 4) is 0 Å². The number of ketones is 1. The molecule has 1 aromatic carbocycles. The van der Waals surface area contributed by atoms with Crippen molar-refractivity contribution in [3.63, 3.8) is 0 Å². The van der Waals surface area contributed by atoms with Crippen molar-refractivity contribution >= 4 is 17.3 Å². The Bertz CT molecular complexity index is 1040. The second kappa shape index (κ2) is 6.90. The van der Waals surface area contributed by atoms with Crippen molar-refractivity contribution in [3.05, 3.63) is 71.2 Å². The summed E-state index contributed by atoms with van der Waals surface area (Å²) in [6.07, 6.45) is 5.38. The first kappa shape index (κ1) is 17.3. The minimum atomic E-state index is -0.783. The molecule has 1 fully saturated rings. The van der Waals surface area contributed by atoms with E-state index in [1.54, 1.807) is 4.90 Å². The first-order chi connectivity index (χ1) is 13.0. The number of benzene rings is 1. The zero-order valence-corrected chi connectivity index (χ0v) is 14.5. The van der Waals surface area contributed by atoms with E-state index in [2.05, 4.69) is 4.98 Å². The fraction of sp³-hybridized carbons (Fsp3) is 0.250. The van der Waals surface area contributed by atoms with E-state index >= 15 is 0 Å². The molecule has 138 valence electrons. The monoisotopic (exact) mass is 369 g/mol. The Hall–Kier alpha value is -3.09. The van der Waals surface area contributed by atoms with Crippen molar-refractivity contribution in [1.82, 2.24) is 14.3 Å². The topological polar surface area (TPSA) is 54.7 Å². The minimum absolute atomic E-state index is 0.0542. The quantitative estimate of drug-likeness (QED) is 0.665. The molecule has 0 spiro atoms. The van der Waals surface area contributed by atoms with E-state index in [0.717, 1.165) is 31.5 Å². The second-order valence-corrected chi connectivity index (χ2v) is 6.60. The Morgan fingerprint density at radius 1 is 1.00 bits per heavy atom. The van der Waals surface area contributed by atoms with E-state index in [1.165, 1.54) is 34.9 Å². The number of halogens is 2. The highest BCUT2D eigenvalue weighted by molar-refractivity contribution is 6.09. The van der Waals surface area contributed by atoms with Gasteiger partial charge in [-0.2, -0.15) is 0 Å². The SMILES string of the molecule is O=C(c1ccc(C(=O)N2CCCCC2)cc1F)c1cnc2ccc(F)cn12. The van der Waals surface area contributed by atoms with E-state index < -0.39 is 17.4 Å². The molecule has 1 aliphatic heterocycles. The van der Waals surface area contributed by atoms with Gasteiger partial charge in [-0.1, -0.05) is 0 Å². The number of aromatic nitrogens is 2. The number of likely N-dealkylation sites (tertiary alicyclic amines) is 1. The lowest BCUT2D eigenvalue weighted by Gasteiger charge is -2.26. The van der Waals surface area contributed by atoms with Crippen molar-refractivity contribution in [2.75, 3.05) is 13.1 Å². The largest absolute Gasteiger partial charge is 0.339 e. The maximum absolute atomic E-state index is 14.6. The molecule has 0 atom stereocenters. The van der Waals surface area contributed by atoms with Crippen LogP contribution in [0.3, 0.4) is 0 Å². The number of nitrogens with zero attached hydrogens (tertiary/aromatic N) is 3. The number of amides is 1. The van der Waals surface area contributed by atoms with Gasteiger partial charge in [0.25, 0.3) is 5.91 Å². The van der Waals surface area contributed by atoms with Crippen molar-refractivity contribution < 1.29 is 18.4 Å². The van der Waals surface area contributed by atoms with Crippen LogP contribution in [0.1, 0.15) is 45.7 Å².